The van der Waals surface area contributed by atoms with Gasteiger partial charge in [-0.05, 0) is 22.0 Å². The topological polar surface area (TPSA) is 67.3 Å². The average Bonchev–Trinajstić information content (AvgIpc) is 2.72. The molecule has 0 aliphatic rings. The summed E-state index contributed by atoms with van der Waals surface area (Å²) in [6, 6.07) is 1.35. The van der Waals surface area contributed by atoms with Crippen LogP contribution in [0.4, 0.5) is 4.39 Å². The highest BCUT2D eigenvalue weighted by Crippen LogP contribution is 2.19. The van der Waals surface area contributed by atoms with Crippen LogP contribution in [0.2, 0.25) is 0 Å². The number of aromatic nitrogens is 5. The number of aromatic amines is 1. The lowest BCUT2D eigenvalue weighted by molar-refractivity contribution is 0.622. The van der Waals surface area contributed by atoms with Gasteiger partial charge in [0.05, 0.1) is 12.4 Å². The Morgan fingerprint density at radius 2 is 2.06 bits per heavy atom. The Labute approximate surface area is 103 Å². The zero-order valence-electron chi connectivity index (χ0n) is 8.35. The molecule has 0 fully saturated rings. The van der Waals surface area contributed by atoms with Gasteiger partial charge in [0.15, 0.2) is 11.3 Å². The van der Waals surface area contributed by atoms with Gasteiger partial charge in [-0.3, -0.25) is 4.98 Å². The number of fused-ring (bicyclic) bond motifs is 1. The summed E-state index contributed by atoms with van der Waals surface area (Å²) in [5.74, 6) is 0.0788. The van der Waals surface area contributed by atoms with Crippen molar-refractivity contribution in [3.8, 4) is 11.4 Å². The van der Waals surface area contributed by atoms with E-state index in [4.69, 9.17) is 0 Å². The molecule has 3 heterocycles. The Hall–Kier alpha value is -1.89. The molecule has 3 aromatic heterocycles. The molecule has 7 heteroatoms. The van der Waals surface area contributed by atoms with E-state index in [-0.39, 0.29) is 0 Å². The van der Waals surface area contributed by atoms with Crippen LogP contribution in [-0.2, 0) is 0 Å². The van der Waals surface area contributed by atoms with Crippen LogP contribution in [0.5, 0.6) is 0 Å². The number of H-pyrrole nitrogens is 1. The largest absolute Gasteiger partial charge is 0.321 e. The summed E-state index contributed by atoms with van der Waals surface area (Å²) in [5, 5.41) is 0. The minimum absolute atomic E-state index is 0.412. The zero-order valence-corrected chi connectivity index (χ0v) is 9.94. The number of pyridine rings is 1. The summed E-state index contributed by atoms with van der Waals surface area (Å²) >= 11 is 3.22. The van der Waals surface area contributed by atoms with Crippen molar-refractivity contribution in [1.82, 2.24) is 24.9 Å². The number of nitrogens with zero attached hydrogens (tertiary/aromatic N) is 4. The number of rotatable bonds is 1. The smallest absolute Gasteiger partial charge is 0.197 e. The second-order valence-corrected chi connectivity index (χ2v) is 4.15. The normalized spacial score (nSPS) is 10.9. The molecule has 0 bridgehead atoms. The molecule has 0 amide bonds. The van der Waals surface area contributed by atoms with Crippen LogP contribution < -0.4 is 0 Å². The first kappa shape index (κ1) is 10.3. The van der Waals surface area contributed by atoms with Crippen LogP contribution in [0.25, 0.3) is 22.7 Å². The van der Waals surface area contributed by atoms with Gasteiger partial charge in [-0.1, -0.05) is 0 Å². The summed E-state index contributed by atoms with van der Waals surface area (Å²) in [7, 11) is 0. The quantitative estimate of drug-likeness (QED) is 0.748. The molecule has 0 aliphatic heterocycles. The molecule has 0 saturated carbocycles. The van der Waals surface area contributed by atoms with Crippen LogP contribution in [-0.4, -0.2) is 24.9 Å². The van der Waals surface area contributed by atoms with Gasteiger partial charge in [-0.2, -0.15) is 0 Å². The number of hydrogen-bond donors (Lipinski definition) is 1. The first-order valence-corrected chi connectivity index (χ1v) is 5.51. The summed E-state index contributed by atoms with van der Waals surface area (Å²) in [5.41, 5.74) is 1.58. The molecule has 0 saturated heterocycles. The third-order valence-electron chi connectivity index (χ3n) is 2.16. The van der Waals surface area contributed by atoms with Gasteiger partial charge in [0.2, 0.25) is 0 Å². The zero-order chi connectivity index (χ0) is 11.8. The van der Waals surface area contributed by atoms with E-state index < -0.39 is 5.82 Å². The fourth-order valence-electron chi connectivity index (χ4n) is 1.45. The standard InChI is InChI=1S/C10H5BrFN5/c11-7-4-14-9-10(15-7)17-8(16-9)5-1-6(12)3-13-2-5/h1-4H,(H,14,15,16,17). The molecule has 0 spiro atoms. The second kappa shape index (κ2) is 3.85. The summed E-state index contributed by atoms with van der Waals surface area (Å²) in [4.78, 5) is 19.2. The van der Waals surface area contributed by atoms with E-state index in [1.54, 1.807) is 6.20 Å². The SMILES string of the molecule is Fc1cncc(-c2nc3ncc(Br)nc3[nH]2)c1. The predicted molar refractivity (Wildman–Crippen MR) is 62.6 cm³/mol. The summed E-state index contributed by atoms with van der Waals surface area (Å²) in [6.45, 7) is 0. The molecule has 3 rings (SSSR count). The third kappa shape index (κ3) is 1.89. The van der Waals surface area contributed by atoms with Crippen LogP contribution in [0.15, 0.2) is 29.3 Å². The van der Waals surface area contributed by atoms with Gasteiger partial charge in [0.25, 0.3) is 0 Å². The minimum Gasteiger partial charge on any atom is -0.321 e. The van der Waals surface area contributed by atoms with Crippen molar-refractivity contribution in [1.29, 1.82) is 0 Å². The monoisotopic (exact) mass is 293 g/mol. The van der Waals surface area contributed by atoms with E-state index in [0.29, 0.717) is 27.3 Å². The van der Waals surface area contributed by atoms with Crippen molar-refractivity contribution in [3.63, 3.8) is 0 Å². The molecule has 1 N–H and O–H groups in total. The summed E-state index contributed by atoms with van der Waals surface area (Å²) < 4.78 is 13.6. The fourth-order valence-corrected chi connectivity index (χ4v) is 1.73. The van der Waals surface area contributed by atoms with E-state index >= 15 is 0 Å². The van der Waals surface area contributed by atoms with Gasteiger partial charge in [0, 0.05) is 11.8 Å². The fraction of sp³-hybridized carbons (Fsp3) is 0. The highest BCUT2D eigenvalue weighted by molar-refractivity contribution is 9.10. The predicted octanol–water partition coefficient (Wildman–Crippen LogP) is 2.32. The third-order valence-corrected chi connectivity index (χ3v) is 2.54. The molecule has 0 aromatic carbocycles. The van der Waals surface area contributed by atoms with E-state index in [1.807, 2.05) is 0 Å². The van der Waals surface area contributed by atoms with Crippen molar-refractivity contribution in [2.45, 2.75) is 0 Å². The number of halogens is 2. The Kier molecular flexibility index (Phi) is 2.32. The maximum absolute atomic E-state index is 13.0. The van der Waals surface area contributed by atoms with Crippen LogP contribution in [0.3, 0.4) is 0 Å². The maximum Gasteiger partial charge on any atom is 0.197 e. The molecule has 3 aromatic rings. The van der Waals surface area contributed by atoms with E-state index in [1.165, 1.54) is 12.3 Å². The van der Waals surface area contributed by atoms with Gasteiger partial charge < -0.3 is 4.98 Å². The Bertz CT molecular complexity index is 696. The Balaban J connectivity index is 2.18. The van der Waals surface area contributed by atoms with E-state index in [2.05, 4.69) is 40.8 Å². The molecular weight excluding hydrogens is 289 g/mol. The van der Waals surface area contributed by atoms with Crippen molar-refractivity contribution in [2.24, 2.45) is 0 Å². The van der Waals surface area contributed by atoms with Crippen LogP contribution in [0, 0.1) is 5.82 Å². The number of hydrogen-bond acceptors (Lipinski definition) is 4. The molecule has 0 aliphatic carbocycles. The highest BCUT2D eigenvalue weighted by Gasteiger charge is 2.08. The lowest BCUT2D eigenvalue weighted by atomic mass is 10.3. The minimum atomic E-state index is -0.412. The molecular formula is C10H5BrFN5. The average molecular weight is 294 g/mol. The molecule has 0 atom stereocenters. The molecule has 0 radical (unpaired) electrons. The lowest BCUT2D eigenvalue weighted by Crippen LogP contribution is -1.84. The molecule has 84 valence electrons. The highest BCUT2D eigenvalue weighted by atomic mass is 79.9. The first-order valence-electron chi connectivity index (χ1n) is 4.71. The second-order valence-electron chi connectivity index (χ2n) is 3.34. The van der Waals surface area contributed by atoms with Gasteiger partial charge in [-0.25, -0.2) is 19.3 Å². The van der Waals surface area contributed by atoms with Gasteiger partial charge in [0.1, 0.15) is 16.2 Å². The number of imidazole rings is 1. The van der Waals surface area contributed by atoms with E-state index in [9.17, 15) is 4.39 Å². The maximum atomic E-state index is 13.0. The van der Waals surface area contributed by atoms with Crippen molar-refractivity contribution < 1.29 is 4.39 Å². The lowest BCUT2D eigenvalue weighted by Gasteiger charge is -1.94. The van der Waals surface area contributed by atoms with Crippen molar-refractivity contribution >= 4 is 27.2 Å². The number of nitrogens with one attached hydrogen (secondary N) is 1. The Morgan fingerprint density at radius 1 is 1.18 bits per heavy atom. The van der Waals surface area contributed by atoms with Gasteiger partial charge >= 0.3 is 0 Å². The van der Waals surface area contributed by atoms with Crippen LogP contribution in [0.1, 0.15) is 0 Å². The molecule has 0 unspecified atom stereocenters. The first-order chi connectivity index (χ1) is 8.22. The van der Waals surface area contributed by atoms with Gasteiger partial charge in [-0.15, -0.1) is 0 Å². The summed E-state index contributed by atoms with van der Waals surface area (Å²) in [6.07, 6.45) is 4.21. The molecule has 17 heavy (non-hydrogen) atoms. The van der Waals surface area contributed by atoms with E-state index in [0.717, 1.165) is 6.20 Å². The molecule has 5 nitrogen and oxygen atoms in total. The Morgan fingerprint density at radius 3 is 2.88 bits per heavy atom. The van der Waals surface area contributed by atoms with Crippen LogP contribution >= 0.6 is 15.9 Å². The van der Waals surface area contributed by atoms with Crippen molar-refractivity contribution in [3.05, 3.63) is 35.1 Å². The van der Waals surface area contributed by atoms with Crippen molar-refractivity contribution in [2.75, 3.05) is 0 Å².